The Morgan fingerprint density at radius 1 is 0.816 bits per heavy atom. The first kappa shape index (κ1) is 26.8. The molecular formula is C34H32O4. The summed E-state index contributed by atoms with van der Waals surface area (Å²) < 4.78 is 11.0. The van der Waals surface area contributed by atoms with Gasteiger partial charge in [0.1, 0.15) is 5.75 Å². The van der Waals surface area contributed by atoms with Crippen LogP contribution in [0.5, 0.6) is 5.75 Å². The van der Waals surface area contributed by atoms with Crippen molar-refractivity contribution in [3.05, 3.63) is 126 Å². The molecule has 0 amide bonds. The second-order valence-electron chi connectivity index (χ2n) is 9.43. The molecular weight excluding hydrogens is 472 g/mol. The van der Waals surface area contributed by atoms with Gasteiger partial charge in [-0.15, -0.1) is 0 Å². The minimum Gasteiger partial charge on any atom is -0.423 e. The van der Waals surface area contributed by atoms with Crippen LogP contribution in [-0.4, -0.2) is 18.9 Å². The predicted molar refractivity (Wildman–Crippen MR) is 152 cm³/mol. The third-order valence-electron chi connectivity index (χ3n) is 6.86. The molecule has 4 heteroatoms. The van der Waals surface area contributed by atoms with Crippen molar-refractivity contribution < 1.29 is 19.1 Å². The smallest absolute Gasteiger partial charge is 0.338 e. The Hall–Kier alpha value is -4.28. The van der Waals surface area contributed by atoms with Crippen molar-refractivity contribution in [1.82, 2.24) is 0 Å². The number of rotatable bonds is 9. The van der Waals surface area contributed by atoms with Crippen molar-refractivity contribution in [2.75, 3.05) is 7.11 Å². The number of Topliss-reactive ketones (excluding diaryl/α,β-unsaturated/α-hetero) is 1. The summed E-state index contributed by atoms with van der Waals surface area (Å²) >= 11 is 0. The lowest BCUT2D eigenvalue weighted by molar-refractivity contribution is -0.130. The van der Waals surface area contributed by atoms with E-state index in [1.54, 1.807) is 26.2 Å². The third kappa shape index (κ3) is 5.51. The van der Waals surface area contributed by atoms with E-state index in [2.05, 4.69) is 31.7 Å². The monoisotopic (exact) mass is 504 g/mol. The number of benzene rings is 4. The molecule has 0 heterocycles. The van der Waals surface area contributed by atoms with Gasteiger partial charge in [-0.2, -0.15) is 0 Å². The van der Waals surface area contributed by atoms with Crippen molar-refractivity contribution in [2.24, 2.45) is 0 Å². The molecule has 0 N–H and O–H groups in total. The highest BCUT2D eigenvalue weighted by Gasteiger charge is 2.35. The van der Waals surface area contributed by atoms with Crippen LogP contribution >= 0.6 is 0 Å². The Balaban J connectivity index is 1.57. The summed E-state index contributed by atoms with van der Waals surface area (Å²) in [6.45, 7) is 9.17. The Bertz CT molecular complexity index is 1450. The maximum absolute atomic E-state index is 13.4. The first-order valence-corrected chi connectivity index (χ1v) is 12.6. The second kappa shape index (κ2) is 11.4. The molecule has 192 valence electrons. The van der Waals surface area contributed by atoms with Gasteiger partial charge in [-0.3, -0.25) is 4.79 Å². The van der Waals surface area contributed by atoms with Gasteiger partial charge in [0, 0.05) is 18.2 Å². The molecule has 0 fully saturated rings. The summed E-state index contributed by atoms with van der Waals surface area (Å²) in [5.41, 5.74) is 6.20. The number of esters is 1. The molecule has 0 aliphatic heterocycles. The summed E-state index contributed by atoms with van der Waals surface area (Å²) in [5.74, 6) is -0.0291. The van der Waals surface area contributed by atoms with Crippen molar-refractivity contribution in [2.45, 2.75) is 32.8 Å². The summed E-state index contributed by atoms with van der Waals surface area (Å²) in [4.78, 5) is 25.2. The largest absolute Gasteiger partial charge is 0.423 e. The zero-order chi connectivity index (χ0) is 27.3. The van der Waals surface area contributed by atoms with Crippen molar-refractivity contribution in [3.63, 3.8) is 0 Å². The molecule has 0 saturated carbocycles. The van der Waals surface area contributed by atoms with E-state index < -0.39 is 11.6 Å². The van der Waals surface area contributed by atoms with Crippen molar-refractivity contribution in [3.8, 4) is 28.0 Å². The van der Waals surface area contributed by atoms with Gasteiger partial charge in [-0.25, -0.2) is 4.79 Å². The maximum Gasteiger partial charge on any atom is 0.338 e. The first-order valence-electron chi connectivity index (χ1n) is 12.6. The molecule has 0 aliphatic carbocycles. The fourth-order valence-corrected chi connectivity index (χ4v) is 4.43. The van der Waals surface area contributed by atoms with E-state index >= 15 is 0 Å². The van der Waals surface area contributed by atoms with E-state index in [1.807, 2.05) is 73.7 Å². The van der Waals surface area contributed by atoms with Crippen LogP contribution in [0.1, 0.15) is 42.3 Å². The lowest BCUT2D eigenvalue weighted by Gasteiger charge is -2.27. The molecule has 38 heavy (non-hydrogen) atoms. The molecule has 4 rings (SSSR count). The van der Waals surface area contributed by atoms with Crippen molar-refractivity contribution in [1.29, 1.82) is 0 Å². The number of methoxy groups -OCH3 is 1. The molecule has 4 aromatic carbocycles. The fourth-order valence-electron chi connectivity index (χ4n) is 4.43. The summed E-state index contributed by atoms with van der Waals surface area (Å²) in [7, 11) is 1.56. The standard InChI is InChI=1S/C34H32O4/c1-6-24-22-28(18-21-31(24)26-16-19-30(20-17-26)38-33(36)23(2)3)25-12-14-27(15-13-25)32(35)34(4,37-5)29-10-8-7-9-11-29/h7-22H,2,6H2,1,3-5H3. The number of carbonyl (C=O) groups excluding carboxylic acids is 2. The molecule has 0 bridgehead atoms. The van der Waals surface area contributed by atoms with Crippen LogP contribution < -0.4 is 4.74 Å². The van der Waals surface area contributed by atoms with Gasteiger partial charge >= 0.3 is 5.97 Å². The predicted octanol–water partition coefficient (Wildman–Crippen LogP) is 7.81. The Kier molecular flexibility index (Phi) is 8.04. The second-order valence-corrected chi connectivity index (χ2v) is 9.43. The van der Waals surface area contributed by atoms with Gasteiger partial charge in [0.25, 0.3) is 0 Å². The Morgan fingerprint density at radius 3 is 2.00 bits per heavy atom. The number of hydrogen-bond donors (Lipinski definition) is 0. The summed E-state index contributed by atoms with van der Waals surface area (Å²) in [6.07, 6.45) is 0.857. The van der Waals surface area contributed by atoms with Gasteiger partial charge in [-0.05, 0) is 65.8 Å². The number of ether oxygens (including phenoxy) is 2. The van der Waals surface area contributed by atoms with E-state index in [-0.39, 0.29) is 5.78 Å². The topological polar surface area (TPSA) is 52.6 Å². The molecule has 4 aromatic rings. The van der Waals surface area contributed by atoms with Gasteiger partial charge in [0.2, 0.25) is 0 Å². The van der Waals surface area contributed by atoms with Crippen LogP contribution in [0.3, 0.4) is 0 Å². The lowest BCUT2D eigenvalue weighted by Crippen LogP contribution is -2.34. The molecule has 0 aliphatic rings. The molecule has 0 saturated heterocycles. The van der Waals surface area contributed by atoms with E-state index in [0.717, 1.165) is 34.2 Å². The Labute approximate surface area is 224 Å². The van der Waals surface area contributed by atoms with Crippen LogP contribution in [0.25, 0.3) is 22.3 Å². The zero-order valence-electron chi connectivity index (χ0n) is 22.3. The zero-order valence-corrected chi connectivity index (χ0v) is 22.3. The van der Waals surface area contributed by atoms with Crippen LogP contribution in [0.4, 0.5) is 0 Å². The molecule has 0 aromatic heterocycles. The molecule has 1 unspecified atom stereocenters. The van der Waals surface area contributed by atoms with Gasteiger partial charge in [-0.1, -0.05) is 98.4 Å². The van der Waals surface area contributed by atoms with E-state index in [1.165, 1.54) is 5.56 Å². The van der Waals surface area contributed by atoms with Crippen LogP contribution in [-0.2, 0) is 21.6 Å². The lowest BCUT2D eigenvalue weighted by atomic mass is 9.86. The van der Waals surface area contributed by atoms with Crippen LogP contribution in [0.15, 0.2) is 109 Å². The van der Waals surface area contributed by atoms with E-state index in [9.17, 15) is 9.59 Å². The molecule has 0 spiro atoms. The highest BCUT2D eigenvalue weighted by atomic mass is 16.5. The number of ketones is 1. The quantitative estimate of drug-likeness (QED) is 0.101. The van der Waals surface area contributed by atoms with Gasteiger partial charge in [0.15, 0.2) is 11.4 Å². The van der Waals surface area contributed by atoms with Crippen LogP contribution in [0.2, 0.25) is 0 Å². The highest BCUT2D eigenvalue weighted by molar-refractivity contribution is 6.03. The summed E-state index contributed by atoms with van der Waals surface area (Å²) in [6, 6.07) is 31.1. The number of carbonyl (C=O) groups is 2. The molecule has 1 atom stereocenters. The molecule has 4 nitrogen and oxygen atoms in total. The SMILES string of the molecule is C=C(C)C(=O)Oc1ccc(-c2ccc(-c3ccc(C(=O)C(C)(OC)c4ccccc4)cc3)cc2CC)cc1. The Morgan fingerprint density at radius 2 is 1.42 bits per heavy atom. The average molecular weight is 505 g/mol. The normalized spacial score (nSPS) is 12.4. The van der Waals surface area contributed by atoms with Gasteiger partial charge in [0.05, 0.1) is 0 Å². The maximum atomic E-state index is 13.4. The minimum absolute atomic E-state index is 0.0836. The van der Waals surface area contributed by atoms with Crippen LogP contribution in [0, 0.1) is 0 Å². The van der Waals surface area contributed by atoms with E-state index in [4.69, 9.17) is 9.47 Å². The third-order valence-corrected chi connectivity index (χ3v) is 6.86. The van der Waals surface area contributed by atoms with Crippen molar-refractivity contribution >= 4 is 11.8 Å². The van der Waals surface area contributed by atoms with Gasteiger partial charge < -0.3 is 9.47 Å². The highest BCUT2D eigenvalue weighted by Crippen LogP contribution is 2.33. The summed E-state index contributed by atoms with van der Waals surface area (Å²) in [5, 5.41) is 0. The minimum atomic E-state index is -1.06. The van der Waals surface area contributed by atoms with E-state index in [0.29, 0.717) is 16.9 Å². The number of hydrogen-bond acceptors (Lipinski definition) is 4. The molecule has 0 radical (unpaired) electrons. The number of aryl methyl sites for hydroxylation is 1. The first-order chi connectivity index (χ1) is 18.3. The average Bonchev–Trinajstić information content (AvgIpc) is 2.97. The fraction of sp³-hybridized carbons (Fsp3) is 0.176.